The molecule has 1 atom stereocenters. The Morgan fingerprint density at radius 3 is 2.62 bits per heavy atom. The van der Waals surface area contributed by atoms with Crippen molar-refractivity contribution < 1.29 is 14.6 Å². The second-order valence-electron chi connectivity index (χ2n) is 5.63. The standard InChI is InChI=1S/C16H22ClNO3/c1-12(17)7-21-15-5-3-14(4-6-15)13(2)18-8-16(9-19)10-20-11-16/h3-6,13,18-19H,1,7-11H2,2H3. The first-order chi connectivity index (χ1) is 10.0. The van der Waals surface area contributed by atoms with Crippen LogP contribution in [0.25, 0.3) is 0 Å². The molecule has 1 heterocycles. The minimum absolute atomic E-state index is 0.113. The van der Waals surface area contributed by atoms with E-state index >= 15 is 0 Å². The third kappa shape index (κ3) is 4.45. The van der Waals surface area contributed by atoms with Crippen molar-refractivity contribution >= 4 is 11.6 Å². The first-order valence-electron chi connectivity index (χ1n) is 7.03. The maximum absolute atomic E-state index is 9.41. The van der Waals surface area contributed by atoms with Crippen molar-refractivity contribution in [2.75, 3.05) is 33.0 Å². The van der Waals surface area contributed by atoms with Gasteiger partial charge in [-0.1, -0.05) is 30.3 Å². The predicted molar refractivity (Wildman–Crippen MR) is 83.7 cm³/mol. The average Bonchev–Trinajstić information content (AvgIpc) is 2.44. The zero-order valence-electron chi connectivity index (χ0n) is 12.3. The van der Waals surface area contributed by atoms with Gasteiger partial charge in [0.25, 0.3) is 0 Å². The molecule has 0 bridgehead atoms. The fraction of sp³-hybridized carbons (Fsp3) is 0.500. The number of benzene rings is 1. The molecule has 0 aromatic heterocycles. The van der Waals surface area contributed by atoms with Gasteiger partial charge in [-0.15, -0.1) is 0 Å². The van der Waals surface area contributed by atoms with E-state index in [0.717, 1.165) is 12.3 Å². The van der Waals surface area contributed by atoms with Crippen molar-refractivity contribution in [2.24, 2.45) is 5.41 Å². The maximum atomic E-state index is 9.41. The molecule has 5 heteroatoms. The van der Waals surface area contributed by atoms with Gasteiger partial charge >= 0.3 is 0 Å². The summed E-state index contributed by atoms with van der Waals surface area (Å²) in [6, 6.07) is 8.08. The smallest absolute Gasteiger partial charge is 0.123 e. The van der Waals surface area contributed by atoms with E-state index in [2.05, 4.69) is 18.8 Å². The van der Waals surface area contributed by atoms with E-state index in [4.69, 9.17) is 21.1 Å². The van der Waals surface area contributed by atoms with Gasteiger partial charge in [0, 0.05) is 17.6 Å². The Labute approximate surface area is 130 Å². The van der Waals surface area contributed by atoms with Crippen LogP contribution in [0.3, 0.4) is 0 Å². The van der Waals surface area contributed by atoms with Gasteiger partial charge in [0.15, 0.2) is 0 Å². The summed E-state index contributed by atoms with van der Waals surface area (Å²) in [6.07, 6.45) is 0. The Balaban J connectivity index is 1.84. The van der Waals surface area contributed by atoms with Crippen LogP contribution in [0.15, 0.2) is 35.9 Å². The highest BCUT2D eigenvalue weighted by molar-refractivity contribution is 6.29. The van der Waals surface area contributed by atoms with Crippen LogP contribution in [0, 0.1) is 5.41 Å². The number of hydrogen-bond acceptors (Lipinski definition) is 4. The lowest BCUT2D eigenvalue weighted by Gasteiger charge is -2.40. The normalized spacial score (nSPS) is 17.9. The molecule has 116 valence electrons. The van der Waals surface area contributed by atoms with Crippen LogP contribution in [-0.2, 0) is 4.74 Å². The molecule has 1 aromatic carbocycles. The summed E-state index contributed by atoms with van der Waals surface area (Å²) in [6.45, 7) is 8.14. The Bertz CT molecular complexity index is 465. The van der Waals surface area contributed by atoms with Crippen molar-refractivity contribution in [1.29, 1.82) is 0 Å². The van der Waals surface area contributed by atoms with Crippen LogP contribution in [0.2, 0.25) is 0 Å². The molecule has 21 heavy (non-hydrogen) atoms. The van der Waals surface area contributed by atoms with Crippen LogP contribution in [-0.4, -0.2) is 38.1 Å². The molecule has 1 fully saturated rings. The molecule has 0 saturated carbocycles. The topological polar surface area (TPSA) is 50.7 Å². The molecule has 1 saturated heterocycles. The SMILES string of the molecule is C=C(Cl)COc1ccc(C(C)NCC2(CO)COC2)cc1. The summed E-state index contributed by atoms with van der Waals surface area (Å²) >= 11 is 5.67. The van der Waals surface area contributed by atoms with Crippen LogP contribution in [0.5, 0.6) is 5.75 Å². The van der Waals surface area contributed by atoms with Crippen molar-refractivity contribution in [3.63, 3.8) is 0 Å². The third-order valence-corrected chi connectivity index (χ3v) is 3.82. The molecule has 1 aromatic rings. The zero-order valence-corrected chi connectivity index (χ0v) is 13.0. The molecule has 1 aliphatic heterocycles. The van der Waals surface area contributed by atoms with Gasteiger partial charge in [-0.05, 0) is 24.6 Å². The number of ether oxygens (including phenoxy) is 2. The quantitative estimate of drug-likeness (QED) is 0.774. The second-order valence-corrected chi connectivity index (χ2v) is 6.16. The number of aliphatic hydroxyl groups excluding tert-OH is 1. The molecule has 1 aliphatic rings. The Morgan fingerprint density at radius 1 is 1.48 bits per heavy atom. The molecule has 0 aliphatic carbocycles. The highest BCUT2D eigenvalue weighted by Crippen LogP contribution is 2.27. The van der Waals surface area contributed by atoms with E-state index in [1.165, 1.54) is 5.56 Å². The zero-order chi connectivity index (χ0) is 15.3. The van der Waals surface area contributed by atoms with E-state index in [9.17, 15) is 5.11 Å². The van der Waals surface area contributed by atoms with E-state index in [1.54, 1.807) is 0 Å². The first kappa shape index (κ1) is 16.3. The van der Waals surface area contributed by atoms with Crippen molar-refractivity contribution in [3.05, 3.63) is 41.4 Å². The Hall–Kier alpha value is -1.07. The van der Waals surface area contributed by atoms with E-state index < -0.39 is 0 Å². The molecule has 4 nitrogen and oxygen atoms in total. The lowest BCUT2D eigenvalue weighted by atomic mass is 9.86. The number of nitrogens with one attached hydrogen (secondary N) is 1. The molecular weight excluding hydrogens is 290 g/mol. The van der Waals surface area contributed by atoms with Gasteiger partial charge < -0.3 is 19.9 Å². The number of aliphatic hydroxyl groups is 1. The fourth-order valence-corrected chi connectivity index (χ4v) is 2.20. The first-order valence-corrected chi connectivity index (χ1v) is 7.40. The number of rotatable bonds is 8. The summed E-state index contributed by atoms with van der Waals surface area (Å²) in [4.78, 5) is 0. The van der Waals surface area contributed by atoms with Gasteiger partial charge in [0.05, 0.1) is 25.2 Å². The third-order valence-electron chi connectivity index (χ3n) is 3.71. The summed E-state index contributed by atoms with van der Waals surface area (Å²) in [5.74, 6) is 0.770. The lowest BCUT2D eigenvalue weighted by Crippen LogP contribution is -2.52. The molecule has 0 radical (unpaired) electrons. The van der Waals surface area contributed by atoms with E-state index in [0.29, 0.717) is 24.9 Å². The summed E-state index contributed by atoms with van der Waals surface area (Å²) in [5, 5.41) is 13.3. The van der Waals surface area contributed by atoms with Gasteiger partial charge in [-0.25, -0.2) is 0 Å². The lowest BCUT2D eigenvalue weighted by molar-refractivity contribution is -0.135. The molecule has 0 spiro atoms. The van der Waals surface area contributed by atoms with Gasteiger partial charge in [0.2, 0.25) is 0 Å². The fourth-order valence-electron chi connectivity index (χ4n) is 2.14. The molecule has 2 N–H and O–H groups in total. The van der Waals surface area contributed by atoms with Gasteiger partial charge in [0.1, 0.15) is 12.4 Å². The van der Waals surface area contributed by atoms with Gasteiger partial charge in [-0.2, -0.15) is 0 Å². The Kier molecular flexibility index (Phi) is 5.65. The van der Waals surface area contributed by atoms with Crippen molar-refractivity contribution in [3.8, 4) is 5.75 Å². The predicted octanol–water partition coefficient (Wildman–Crippen LogP) is 2.48. The minimum atomic E-state index is -0.113. The van der Waals surface area contributed by atoms with Crippen LogP contribution in [0.1, 0.15) is 18.5 Å². The van der Waals surface area contributed by atoms with Crippen LogP contribution < -0.4 is 10.1 Å². The monoisotopic (exact) mass is 311 g/mol. The summed E-state index contributed by atoms with van der Waals surface area (Å²) in [7, 11) is 0. The molecule has 2 rings (SSSR count). The van der Waals surface area contributed by atoms with Crippen molar-refractivity contribution in [2.45, 2.75) is 13.0 Å². The molecule has 1 unspecified atom stereocenters. The highest BCUT2D eigenvalue weighted by Gasteiger charge is 2.37. The number of halogens is 1. The van der Waals surface area contributed by atoms with E-state index in [1.807, 2.05) is 24.3 Å². The largest absolute Gasteiger partial charge is 0.488 e. The summed E-state index contributed by atoms with van der Waals surface area (Å²) in [5.41, 5.74) is 1.05. The van der Waals surface area contributed by atoms with Crippen molar-refractivity contribution in [1.82, 2.24) is 5.32 Å². The summed E-state index contributed by atoms with van der Waals surface area (Å²) < 4.78 is 10.7. The van der Waals surface area contributed by atoms with Crippen LogP contribution >= 0.6 is 11.6 Å². The second kappa shape index (κ2) is 7.27. The molecular formula is C16H22ClNO3. The number of hydrogen-bond donors (Lipinski definition) is 2. The molecule has 0 amide bonds. The van der Waals surface area contributed by atoms with Crippen LogP contribution in [0.4, 0.5) is 0 Å². The average molecular weight is 312 g/mol. The van der Waals surface area contributed by atoms with E-state index in [-0.39, 0.29) is 18.1 Å². The Morgan fingerprint density at radius 2 is 2.14 bits per heavy atom. The highest BCUT2D eigenvalue weighted by atomic mass is 35.5. The van der Waals surface area contributed by atoms with Gasteiger partial charge in [-0.3, -0.25) is 0 Å². The maximum Gasteiger partial charge on any atom is 0.123 e. The minimum Gasteiger partial charge on any atom is -0.488 e.